The molecule has 21 heavy (non-hydrogen) atoms. The van der Waals surface area contributed by atoms with Crippen LogP contribution in [0.15, 0.2) is 40.8 Å². The van der Waals surface area contributed by atoms with Gasteiger partial charge < -0.3 is 5.32 Å². The molecule has 0 fully saturated rings. The topological polar surface area (TPSA) is 63.5 Å². The lowest BCUT2D eigenvalue weighted by molar-refractivity contribution is 0.102. The molecule has 3 rings (SSSR count). The van der Waals surface area contributed by atoms with Crippen LogP contribution in [0.4, 0.5) is 14.5 Å². The van der Waals surface area contributed by atoms with E-state index in [4.69, 9.17) is 0 Å². The zero-order chi connectivity index (χ0) is 15.0. The lowest BCUT2D eigenvalue weighted by Crippen LogP contribution is -2.26. The Morgan fingerprint density at radius 2 is 2.14 bits per heavy atom. The van der Waals surface area contributed by atoms with E-state index in [9.17, 15) is 18.4 Å². The predicted octanol–water partition coefficient (Wildman–Crippen LogP) is 2.29. The first kappa shape index (κ1) is 13.4. The van der Waals surface area contributed by atoms with E-state index in [2.05, 4.69) is 10.3 Å². The molecule has 0 aliphatic heterocycles. The van der Waals surface area contributed by atoms with Crippen LogP contribution in [-0.2, 0) is 0 Å². The van der Waals surface area contributed by atoms with Crippen molar-refractivity contribution in [2.45, 2.75) is 0 Å². The van der Waals surface area contributed by atoms with E-state index >= 15 is 0 Å². The second kappa shape index (κ2) is 5.06. The Labute approximate surface area is 120 Å². The minimum Gasteiger partial charge on any atom is -0.319 e. The van der Waals surface area contributed by atoms with E-state index < -0.39 is 23.1 Å². The highest BCUT2D eigenvalue weighted by atomic mass is 32.1. The van der Waals surface area contributed by atoms with E-state index in [1.165, 1.54) is 21.9 Å². The van der Waals surface area contributed by atoms with Gasteiger partial charge in [0.05, 0.1) is 5.69 Å². The number of fused-ring (bicyclic) bond motifs is 1. The van der Waals surface area contributed by atoms with Gasteiger partial charge in [-0.3, -0.25) is 14.0 Å². The van der Waals surface area contributed by atoms with Crippen LogP contribution in [-0.4, -0.2) is 15.3 Å². The minimum atomic E-state index is -0.923. The summed E-state index contributed by atoms with van der Waals surface area (Å²) in [6, 6.07) is 2.73. The number of aromatic nitrogens is 2. The van der Waals surface area contributed by atoms with Crippen LogP contribution in [0.3, 0.4) is 0 Å². The van der Waals surface area contributed by atoms with Gasteiger partial charge >= 0.3 is 0 Å². The number of carbonyl (C=O) groups is 1. The van der Waals surface area contributed by atoms with Gasteiger partial charge in [-0.2, -0.15) is 0 Å². The summed E-state index contributed by atoms with van der Waals surface area (Å²) < 4.78 is 27.5. The Hall–Kier alpha value is -2.61. The molecule has 0 spiro atoms. The van der Waals surface area contributed by atoms with Crippen molar-refractivity contribution in [3.05, 3.63) is 63.5 Å². The summed E-state index contributed by atoms with van der Waals surface area (Å²) in [5.41, 5.74) is -0.993. The summed E-state index contributed by atoms with van der Waals surface area (Å²) in [5.74, 6) is -2.49. The summed E-state index contributed by atoms with van der Waals surface area (Å²) in [6.07, 6.45) is 2.62. The third-order valence-corrected chi connectivity index (χ3v) is 3.54. The van der Waals surface area contributed by atoms with Crippen molar-refractivity contribution in [1.82, 2.24) is 9.38 Å². The molecule has 106 valence electrons. The molecule has 0 atom stereocenters. The predicted molar refractivity (Wildman–Crippen MR) is 73.7 cm³/mol. The molecular weight excluding hydrogens is 300 g/mol. The standard InChI is InChI=1S/C13H7F2N3O2S/c14-7-1-2-10(9(15)5-7)17-11(19)8-6-16-13-18(12(8)20)3-4-21-13/h1-6H,(H,17,19). The molecule has 0 bridgehead atoms. The smallest absolute Gasteiger partial charge is 0.271 e. The van der Waals surface area contributed by atoms with Gasteiger partial charge in [0.1, 0.15) is 17.2 Å². The number of benzene rings is 1. The van der Waals surface area contributed by atoms with Gasteiger partial charge in [0.25, 0.3) is 11.5 Å². The number of halogens is 2. The van der Waals surface area contributed by atoms with Gasteiger partial charge in [0, 0.05) is 23.8 Å². The third-order valence-electron chi connectivity index (χ3n) is 2.77. The van der Waals surface area contributed by atoms with Gasteiger partial charge in [0.2, 0.25) is 0 Å². The molecule has 0 radical (unpaired) electrons. The first-order chi connectivity index (χ1) is 10.1. The second-order valence-electron chi connectivity index (χ2n) is 4.11. The fourth-order valence-electron chi connectivity index (χ4n) is 1.76. The van der Waals surface area contributed by atoms with Crippen LogP contribution >= 0.6 is 11.3 Å². The molecule has 5 nitrogen and oxygen atoms in total. The molecule has 1 N–H and O–H groups in total. The normalized spacial score (nSPS) is 10.8. The van der Waals surface area contributed by atoms with Gasteiger partial charge in [-0.05, 0) is 12.1 Å². The Morgan fingerprint density at radius 3 is 2.90 bits per heavy atom. The maximum atomic E-state index is 13.5. The van der Waals surface area contributed by atoms with Gasteiger partial charge in [-0.15, -0.1) is 11.3 Å². The first-order valence-electron chi connectivity index (χ1n) is 5.77. The summed E-state index contributed by atoms with van der Waals surface area (Å²) in [4.78, 5) is 28.5. The van der Waals surface area contributed by atoms with Gasteiger partial charge in [-0.1, -0.05) is 0 Å². The molecule has 1 aromatic carbocycles. The Morgan fingerprint density at radius 1 is 1.33 bits per heavy atom. The van der Waals surface area contributed by atoms with Crippen LogP contribution in [0.5, 0.6) is 0 Å². The molecule has 8 heteroatoms. The number of amides is 1. The lowest BCUT2D eigenvalue weighted by Gasteiger charge is -2.06. The molecule has 0 aliphatic carbocycles. The highest BCUT2D eigenvalue weighted by Crippen LogP contribution is 2.15. The third kappa shape index (κ3) is 2.40. The zero-order valence-electron chi connectivity index (χ0n) is 10.3. The summed E-state index contributed by atoms with van der Waals surface area (Å²) >= 11 is 1.25. The SMILES string of the molecule is O=C(Nc1ccc(F)cc1F)c1cnc2sccn2c1=O. The molecule has 1 amide bonds. The van der Waals surface area contributed by atoms with Crippen molar-refractivity contribution >= 4 is 27.9 Å². The molecule has 0 saturated heterocycles. The fraction of sp³-hybridized carbons (Fsp3) is 0. The molecular formula is C13H7F2N3O2S. The molecule has 3 aromatic rings. The monoisotopic (exact) mass is 307 g/mol. The van der Waals surface area contributed by atoms with Crippen LogP contribution in [0.1, 0.15) is 10.4 Å². The van der Waals surface area contributed by atoms with Crippen LogP contribution in [0.25, 0.3) is 4.96 Å². The molecule has 2 aromatic heterocycles. The maximum Gasteiger partial charge on any atom is 0.271 e. The number of carbonyl (C=O) groups excluding carboxylic acids is 1. The Balaban J connectivity index is 1.97. The van der Waals surface area contributed by atoms with Gasteiger partial charge in [-0.25, -0.2) is 13.8 Å². The fourth-order valence-corrected chi connectivity index (χ4v) is 2.44. The van der Waals surface area contributed by atoms with Crippen LogP contribution < -0.4 is 10.9 Å². The lowest BCUT2D eigenvalue weighted by atomic mass is 10.2. The number of rotatable bonds is 2. The van der Waals surface area contributed by atoms with E-state index in [0.717, 1.165) is 18.3 Å². The Kier molecular flexibility index (Phi) is 3.22. The molecule has 0 aliphatic rings. The van der Waals surface area contributed by atoms with Crippen LogP contribution in [0, 0.1) is 11.6 Å². The van der Waals surface area contributed by atoms with E-state index in [1.807, 2.05) is 0 Å². The van der Waals surface area contributed by atoms with Crippen molar-refractivity contribution in [3.8, 4) is 0 Å². The Bertz CT molecular complexity index is 904. The molecule has 0 unspecified atom stereocenters. The van der Waals surface area contributed by atoms with Crippen molar-refractivity contribution in [2.24, 2.45) is 0 Å². The van der Waals surface area contributed by atoms with E-state index in [-0.39, 0.29) is 11.3 Å². The number of nitrogens with one attached hydrogen (secondary N) is 1. The number of nitrogens with zero attached hydrogens (tertiary/aromatic N) is 2. The van der Waals surface area contributed by atoms with Crippen molar-refractivity contribution in [3.63, 3.8) is 0 Å². The second-order valence-corrected chi connectivity index (χ2v) is 4.98. The van der Waals surface area contributed by atoms with Crippen molar-refractivity contribution in [1.29, 1.82) is 0 Å². The number of hydrogen-bond donors (Lipinski definition) is 1. The van der Waals surface area contributed by atoms with Gasteiger partial charge in [0.15, 0.2) is 4.96 Å². The van der Waals surface area contributed by atoms with Crippen molar-refractivity contribution in [2.75, 3.05) is 5.32 Å². The molecule has 2 heterocycles. The summed E-state index contributed by atoms with van der Waals surface area (Å²) in [5, 5.41) is 3.88. The van der Waals surface area contributed by atoms with E-state index in [1.54, 1.807) is 5.38 Å². The number of thiazole rings is 1. The van der Waals surface area contributed by atoms with E-state index in [0.29, 0.717) is 11.0 Å². The zero-order valence-corrected chi connectivity index (χ0v) is 11.2. The highest BCUT2D eigenvalue weighted by molar-refractivity contribution is 7.15. The largest absolute Gasteiger partial charge is 0.319 e. The average Bonchev–Trinajstić information content (AvgIpc) is 2.91. The minimum absolute atomic E-state index is 0.212. The number of anilines is 1. The molecule has 0 saturated carbocycles. The maximum absolute atomic E-state index is 13.5. The van der Waals surface area contributed by atoms with Crippen LogP contribution in [0.2, 0.25) is 0 Å². The van der Waals surface area contributed by atoms with Crippen molar-refractivity contribution < 1.29 is 13.6 Å². The summed E-state index contributed by atoms with van der Waals surface area (Å²) in [7, 11) is 0. The highest BCUT2D eigenvalue weighted by Gasteiger charge is 2.15. The first-order valence-corrected chi connectivity index (χ1v) is 6.65. The average molecular weight is 307 g/mol. The summed E-state index contributed by atoms with van der Waals surface area (Å²) in [6.45, 7) is 0. The number of hydrogen-bond acceptors (Lipinski definition) is 4. The quantitative estimate of drug-likeness (QED) is 0.790.